The van der Waals surface area contributed by atoms with E-state index in [1.165, 1.54) is 11.3 Å². The maximum atomic E-state index is 12.4. The minimum absolute atomic E-state index is 0.179. The Morgan fingerprint density at radius 1 is 1.46 bits per heavy atom. The van der Waals surface area contributed by atoms with Crippen LogP contribution in [0.3, 0.4) is 0 Å². The third-order valence-corrected chi connectivity index (χ3v) is 5.55. The Kier molecular flexibility index (Phi) is 4.31. The second-order valence-electron chi connectivity index (χ2n) is 5.40. The highest BCUT2D eigenvalue weighted by atomic mass is 32.1. The van der Waals surface area contributed by atoms with Crippen molar-refractivity contribution in [2.45, 2.75) is 25.5 Å². The van der Waals surface area contributed by atoms with Crippen LogP contribution >= 0.6 is 22.7 Å². The molecule has 0 N–H and O–H groups in total. The molecule has 0 spiro atoms. The molecule has 0 unspecified atom stereocenters. The van der Waals surface area contributed by atoms with Gasteiger partial charge in [0.15, 0.2) is 15.9 Å². The van der Waals surface area contributed by atoms with Gasteiger partial charge < -0.3 is 14.1 Å². The average molecular weight is 361 g/mol. The fourth-order valence-corrected chi connectivity index (χ4v) is 4.22. The SMILES string of the molecule is O=C(OCc1csc(-c2ccco2)n1)[C@H]1CCCN1c1nccs1. The smallest absolute Gasteiger partial charge is 0.329 e. The third-order valence-electron chi connectivity index (χ3n) is 3.84. The number of carbonyl (C=O) groups excluding carboxylic acids is 1. The molecule has 1 aliphatic rings. The van der Waals surface area contributed by atoms with Crippen molar-refractivity contribution in [1.29, 1.82) is 0 Å². The molecule has 6 nitrogen and oxygen atoms in total. The van der Waals surface area contributed by atoms with Crippen molar-refractivity contribution in [2.75, 3.05) is 11.4 Å². The van der Waals surface area contributed by atoms with Crippen LogP contribution in [-0.2, 0) is 16.1 Å². The van der Waals surface area contributed by atoms with Crippen LogP contribution in [0.4, 0.5) is 5.13 Å². The fourth-order valence-electron chi connectivity index (χ4n) is 2.73. The largest absolute Gasteiger partial charge is 0.462 e. The molecular formula is C16H15N3O3S2. The summed E-state index contributed by atoms with van der Waals surface area (Å²) in [4.78, 5) is 23.2. The van der Waals surface area contributed by atoms with Gasteiger partial charge in [0.25, 0.3) is 0 Å². The van der Waals surface area contributed by atoms with Crippen LogP contribution in [0.15, 0.2) is 39.8 Å². The van der Waals surface area contributed by atoms with Gasteiger partial charge in [-0.3, -0.25) is 0 Å². The molecule has 0 amide bonds. The summed E-state index contributed by atoms with van der Waals surface area (Å²) in [6, 6.07) is 3.43. The second-order valence-corrected chi connectivity index (χ2v) is 7.13. The number of furan rings is 1. The minimum atomic E-state index is -0.251. The first-order chi connectivity index (χ1) is 11.8. The van der Waals surface area contributed by atoms with Crippen molar-refractivity contribution >= 4 is 33.8 Å². The Morgan fingerprint density at radius 2 is 2.42 bits per heavy atom. The molecule has 0 radical (unpaired) electrons. The Bertz CT molecular complexity index is 799. The van der Waals surface area contributed by atoms with E-state index in [4.69, 9.17) is 9.15 Å². The van der Waals surface area contributed by atoms with Gasteiger partial charge in [0.1, 0.15) is 12.6 Å². The first-order valence-electron chi connectivity index (χ1n) is 7.62. The minimum Gasteiger partial charge on any atom is -0.462 e. The topological polar surface area (TPSA) is 68.5 Å². The van der Waals surface area contributed by atoms with E-state index in [1.54, 1.807) is 23.8 Å². The second kappa shape index (κ2) is 6.74. The van der Waals surface area contributed by atoms with Crippen LogP contribution in [0.25, 0.3) is 10.8 Å². The Morgan fingerprint density at radius 3 is 3.21 bits per heavy atom. The summed E-state index contributed by atoms with van der Waals surface area (Å²) < 4.78 is 10.8. The number of carbonyl (C=O) groups is 1. The number of esters is 1. The molecule has 1 saturated heterocycles. The van der Waals surface area contributed by atoms with E-state index in [0.717, 1.165) is 41.0 Å². The summed E-state index contributed by atoms with van der Waals surface area (Å²) in [7, 11) is 0. The molecule has 1 aliphatic heterocycles. The molecule has 0 aromatic carbocycles. The van der Waals surface area contributed by atoms with Crippen LogP contribution in [0, 0.1) is 0 Å². The van der Waals surface area contributed by atoms with Gasteiger partial charge in [0.05, 0.1) is 12.0 Å². The lowest BCUT2D eigenvalue weighted by Gasteiger charge is -2.22. The first kappa shape index (κ1) is 15.3. The monoisotopic (exact) mass is 361 g/mol. The molecular weight excluding hydrogens is 346 g/mol. The van der Waals surface area contributed by atoms with Gasteiger partial charge in [-0.25, -0.2) is 14.8 Å². The van der Waals surface area contributed by atoms with E-state index in [2.05, 4.69) is 9.97 Å². The van der Waals surface area contributed by atoms with Crippen molar-refractivity contribution in [3.05, 3.63) is 41.0 Å². The summed E-state index contributed by atoms with van der Waals surface area (Å²) in [6.07, 6.45) is 5.14. The van der Waals surface area contributed by atoms with Crippen LogP contribution in [-0.4, -0.2) is 28.5 Å². The van der Waals surface area contributed by atoms with Crippen molar-refractivity contribution in [2.24, 2.45) is 0 Å². The van der Waals surface area contributed by atoms with E-state index in [1.807, 2.05) is 27.8 Å². The zero-order chi connectivity index (χ0) is 16.4. The lowest BCUT2D eigenvalue weighted by molar-refractivity contribution is -0.146. The van der Waals surface area contributed by atoms with E-state index in [-0.39, 0.29) is 18.6 Å². The summed E-state index contributed by atoms with van der Waals surface area (Å²) in [6.45, 7) is 1.02. The number of ether oxygens (including phenoxy) is 1. The van der Waals surface area contributed by atoms with E-state index < -0.39 is 0 Å². The average Bonchev–Trinajstić information content (AvgIpc) is 3.40. The van der Waals surface area contributed by atoms with Crippen molar-refractivity contribution < 1.29 is 13.9 Å². The standard InChI is InChI=1S/C16H15N3O3S2/c20-15(12-3-1-6-19(12)16-17-5-8-23-16)22-9-11-10-24-14(18-11)13-4-2-7-21-13/h2,4-5,7-8,10,12H,1,3,6,9H2/t12-/m1/s1. The molecule has 0 saturated carbocycles. The molecule has 1 atom stereocenters. The molecule has 124 valence electrons. The molecule has 24 heavy (non-hydrogen) atoms. The fraction of sp³-hybridized carbons (Fsp3) is 0.312. The van der Waals surface area contributed by atoms with E-state index >= 15 is 0 Å². The molecule has 3 aromatic rings. The molecule has 8 heteroatoms. The molecule has 4 heterocycles. The highest BCUT2D eigenvalue weighted by Gasteiger charge is 2.33. The zero-order valence-corrected chi connectivity index (χ0v) is 14.4. The van der Waals surface area contributed by atoms with Gasteiger partial charge >= 0.3 is 5.97 Å². The van der Waals surface area contributed by atoms with Crippen molar-refractivity contribution in [1.82, 2.24) is 9.97 Å². The highest BCUT2D eigenvalue weighted by molar-refractivity contribution is 7.13. The number of rotatable bonds is 5. The van der Waals surface area contributed by atoms with Gasteiger partial charge in [-0.05, 0) is 25.0 Å². The molecule has 0 aliphatic carbocycles. The molecule has 1 fully saturated rings. The summed E-state index contributed by atoms with van der Waals surface area (Å²) in [5.74, 6) is 0.513. The van der Waals surface area contributed by atoms with Crippen LogP contribution in [0.2, 0.25) is 0 Å². The number of hydrogen-bond donors (Lipinski definition) is 0. The molecule has 3 aromatic heterocycles. The Hall–Kier alpha value is -2.19. The summed E-state index contributed by atoms with van der Waals surface area (Å²) >= 11 is 3.02. The molecule has 0 bridgehead atoms. The Labute approximate surface area is 146 Å². The lowest BCUT2D eigenvalue weighted by Crippen LogP contribution is -2.37. The van der Waals surface area contributed by atoms with Crippen LogP contribution in [0.1, 0.15) is 18.5 Å². The van der Waals surface area contributed by atoms with Crippen LogP contribution in [0.5, 0.6) is 0 Å². The Balaban J connectivity index is 1.38. The van der Waals surface area contributed by atoms with Gasteiger partial charge in [-0.15, -0.1) is 22.7 Å². The zero-order valence-electron chi connectivity index (χ0n) is 12.8. The maximum Gasteiger partial charge on any atom is 0.329 e. The molecule has 4 rings (SSSR count). The van der Waals surface area contributed by atoms with Gasteiger partial charge in [0.2, 0.25) is 0 Å². The van der Waals surface area contributed by atoms with Gasteiger partial charge in [0, 0.05) is 23.5 Å². The lowest BCUT2D eigenvalue weighted by atomic mass is 10.2. The number of anilines is 1. The van der Waals surface area contributed by atoms with E-state index in [9.17, 15) is 4.79 Å². The number of thiazole rings is 2. The third kappa shape index (κ3) is 3.07. The van der Waals surface area contributed by atoms with Crippen molar-refractivity contribution in [3.8, 4) is 10.8 Å². The predicted molar refractivity (Wildman–Crippen MR) is 92.1 cm³/mol. The first-order valence-corrected chi connectivity index (χ1v) is 9.38. The summed E-state index contributed by atoms with van der Waals surface area (Å²) in [5, 5.41) is 5.47. The van der Waals surface area contributed by atoms with Gasteiger partial charge in [-0.2, -0.15) is 0 Å². The summed E-state index contributed by atoms with van der Waals surface area (Å²) in [5.41, 5.74) is 0.735. The van der Waals surface area contributed by atoms with Crippen molar-refractivity contribution in [3.63, 3.8) is 0 Å². The number of hydrogen-bond acceptors (Lipinski definition) is 8. The van der Waals surface area contributed by atoms with Crippen LogP contribution < -0.4 is 4.90 Å². The quantitative estimate of drug-likeness (QED) is 0.647. The number of aromatic nitrogens is 2. The van der Waals surface area contributed by atoms with E-state index in [0.29, 0.717) is 0 Å². The normalized spacial score (nSPS) is 17.3. The van der Waals surface area contributed by atoms with Gasteiger partial charge in [-0.1, -0.05) is 0 Å². The number of nitrogens with zero attached hydrogens (tertiary/aromatic N) is 3. The predicted octanol–water partition coefficient (Wildman–Crippen LogP) is 3.57. The maximum absolute atomic E-state index is 12.4. The highest BCUT2D eigenvalue weighted by Crippen LogP contribution is 2.28.